The number of ether oxygens (including phenoxy) is 1. The summed E-state index contributed by atoms with van der Waals surface area (Å²) in [6, 6.07) is 20.1. The van der Waals surface area contributed by atoms with Crippen molar-refractivity contribution in [1.82, 2.24) is 4.90 Å². The first kappa shape index (κ1) is 23.0. The lowest BCUT2D eigenvalue weighted by Crippen LogP contribution is -2.30. The summed E-state index contributed by atoms with van der Waals surface area (Å²) >= 11 is 9.25. The van der Waals surface area contributed by atoms with Crippen molar-refractivity contribution < 1.29 is 14.3 Å². The number of methoxy groups -OCH3 is 1. The molecule has 4 aromatic rings. The molecule has 0 fully saturated rings. The molecule has 1 N–H and O–H groups in total. The van der Waals surface area contributed by atoms with E-state index in [1.54, 1.807) is 53.7 Å². The second-order valence-electron chi connectivity index (χ2n) is 7.18. The van der Waals surface area contributed by atoms with E-state index in [0.717, 1.165) is 16.2 Å². The number of thiophene rings is 2. The Morgan fingerprint density at radius 2 is 1.76 bits per heavy atom. The molecule has 0 saturated carbocycles. The van der Waals surface area contributed by atoms with Gasteiger partial charge in [0.25, 0.3) is 11.8 Å². The molecule has 168 valence electrons. The van der Waals surface area contributed by atoms with E-state index < -0.39 is 0 Å². The number of rotatable bonds is 8. The van der Waals surface area contributed by atoms with Gasteiger partial charge in [-0.25, -0.2) is 0 Å². The van der Waals surface area contributed by atoms with E-state index in [4.69, 9.17) is 16.3 Å². The molecule has 0 atom stereocenters. The van der Waals surface area contributed by atoms with Gasteiger partial charge in [-0.15, -0.1) is 22.7 Å². The Labute approximate surface area is 205 Å². The largest absolute Gasteiger partial charge is 0.496 e. The number of halogens is 1. The van der Waals surface area contributed by atoms with Crippen molar-refractivity contribution in [3.05, 3.63) is 103 Å². The first-order valence-electron chi connectivity index (χ1n) is 10.1. The summed E-state index contributed by atoms with van der Waals surface area (Å²) in [5.74, 6) is 0.292. The maximum atomic E-state index is 13.6. The number of carbonyl (C=O) groups is 2. The van der Waals surface area contributed by atoms with Gasteiger partial charge in [-0.05, 0) is 47.2 Å². The number of hydrogen-bond donors (Lipinski definition) is 1. The quantitative estimate of drug-likeness (QED) is 0.300. The van der Waals surface area contributed by atoms with Crippen LogP contribution in [-0.2, 0) is 13.1 Å². The van der Waals surface area contributed by atoms with Crippen LogP contribution in [-0.4, -0.2) is 23.8 Å². The molecule has 0 aliphatic heterocycles. The second kappa shape index (κ2) is 10.7. The molecule has 2 heterocycles. The predicted octanol–water partition coefficient (Wildman–Crippen LogP) is 6.57. The standard InChI is InChI=1S/C25H21ClN2O3S2/c1-31-22-8-3-2-6-18(22)15-28(16-19-7-4-12-32-19)25(30)17-10-11-20(26)21(14-17)27-24(29)23-9-5-13-33-23/h2-14H,15-16H2,1H3,(H,27,29). The van der Waals surface area contributed by atoms with Crippen molar-refractivity contribution in [3.8, 4) is 5.75 Å². The van der Waals surface area contributed by atoms with Crippen molar-refractivity contribution in [2.75, 3.05) is 12.4 Å². The Morgan fingerprint density at radius 1 is 0.970 bits per heavy atom. The number of nitrogens with one attached hydrogen (secondary N) is 1. The van der Waals surface area contributed by atoms with Crippen LogP contribution in [0.25, 0.3) is 0 Å². The summed E-state index contributed by atoms with van der Waals surface area (Å²) in [4.78, 5) is 29.5. The molecule has 0 bridgehead atoms. The van der Waals surface area contributed by atoms with Crippen LogP contribution < -0.4 is 10.1 Å². The minimum Gasteiger partial charge on any atom is -0.496 e. The third-order valence-electron chi connectivity index (χ3n) is 4.97. The van der Waals surface area contributed by atoms with Crippen LogP contribution in [0.4, 0.5) is 5.69 Å². The molecule has 5 nitrogen and oxygen atoms in total. The van der Waals surface area contributed by atoms with E-state index in [1.165, 1.54) is 11.3 Å². The Kier molecular flexibility index (Phi) is 7.44. The molecule has 0 unspecified atom stereocenters. The molecule has 0 aliphatic rings. The fourth-order valence-electron chi connectivity index (χ4n) is 3.36. The van der Waals surface area contributed by atoms with Crippen molar-refractivity contribution in [1.29, 1.82) is 0 Å². The maximum Gasteiger partial charge on any atom is 0.265 e. The number of hydrogen-bond acceptors (Lipinski definition) is 5. The van der Waals surface area contributed by atoms with Crippen LogP contribution in [0.15, 0.2) is 77.5 Å². The van der Waals surface area contributed by atoms with Gasteiger partial charge in [0.1, 0.15) is 5.75 Å². The molecule has 0 aliphatic carbocycles. The zero-order chi connectivity index (χ0) is 23.2. The average molecular weight is 497 g/mol. The lowest BCUT2D eigenvalue weighted by Gasteiger charge is -2.24. The van der Waals surface area contributed by atoms with E-state index in [-0.39, 0.29) is 11.8 Å². The van der Waals surface area contributed by atoms with Gasteiger partial charge >= 0.3 is 0 Å². The van der Waals surface area contributed by atoms with Crippen LogP contribution in [0, 0.1) is 0 Å². The molecule has 33 heavy (non-hydrogen) atoms. The molecule has 2 amide bonds. The van der Waals surface area contributed by atoms with E-state index >= 15 is 0 Å². The second-order valence-corrected chi connectivity index (χ2v) is 9.57. The number of amides is 2. The highest BCUT2D eigenvalue weighted by Crippen LogP contribution is 2.27. The van der Waals surface area contributed by atoms with Crippen molar-refractivity contribution in [2.24, 2.45) is 0 Å². The first-order chi connectivity index (χ1) is 16.0. The van der Waals surface area contributed by atoms with Gasteiger partial charge in [0.15, 0.2) is 0 Å². The van der Waals surface area contributed by atoms with E-state index in [1.807, 2.05) is 47.2 Å². The van der Waals surface area contributed by atoms with Gasteiger partial charge in [-0.1, -0.05) is 41.9 Å². The van der Waals surface area contributed by atoms with E-state index in [2.05, 4.69) is 5.32 Å². The zero-order valence-electron chi connectivity index (χ0n) is 17.8. The minimum absolute atomic E-state index is 0.169. The summed E-state index contributed by atoms with van der Waals surface area (Å²) in [6.45, 7) is 0.828. The highest BCUT2D eigenvalue weighted by molar-refractivity contribution is 7.12. The minimum atomic E-state index is -0.263. The highest BCUT2D eigenvalue weighted by atomic mass is 35.5. The van der Waals surface area contributed by atoms with Crippen LogP contribution in [0.1, 0.15) is 30.5 Å². The average Bonchev–Trinajstić information content (AvgIpc) is 3.54. The van der Waals surface area contributed by atoms with Crippen molar-refractivity contribution in [3.63, 3.8) is 0 Å². The molecular weight excluding hydrogens is 476 g/mol. The van der Waals surface area contributed by atoms with Crippen molar-refractivity contribution in [2.45, 2.75) is 13.1 Å². The smallest absolute Gasteiger partial charge is 0.265 e. The van der Waals surface area contributed by atoms with Gasteiger partial charge < -0.3 is 15.0 Å². The number of para-hydroxylation sites is 1. The third kappa shape index (κ3) is 5.63. The SMILES string of the molecule is COc1ccccc1CN(Cc1cccs1)C(=O)c1ccc(Cl)c(NC(=O)c2cccs2)c1. The number of benzene rings is 2. The summed E-state index contributed by atoms with van der Waals surface area (Å²) < 4.78 is 5.48. The monoisotopic (exact) mass is 496 g/mol. The highest BCUT2D eigenvalue weighted by Gasteiger charge is 2.20. The maximum absolute atomic E-state index is 13.6. The van der Waals surface area contributed by atoms with Crippen LogP contribution in [0.5, 0.6) is 5.75 Å². The normalized spacial score (nSPS) is 10.6. The summed E-state index contributed by atoms with van der Waals surface area (Å²) in [7, 11) is 1.62. The molecule has 0 saturated heterocycles. The zero-order valence-corrected chi connectivity index (χ0v) is 20.2. The summed E-state index contributed by atoms with van der Waals surface area (Å²) in [6.07, 6.45) is 0. The van der Waals surface area contributed by atoms with Gasteiger partial charge in [0.2, 0.25) is 0 Å². The molecule has 0 radical (unpaired) electrons. The third-order valence-corrected chi connectivity index (χ3v) is 7.03. The predicted molar refractivity (Wildman–Crippen MR) is 135 cm³/mol. The van der Waals surface area contributed by atoms with Gasteiger partial charge in [0.05, 0.1) is 35.8 Å². The Balaban J connectivity index is 1.62. The number of nitrogens with zero attached hydrogens (tertiary/aromatic N) is 1. The summed E-state index contributed by atoms with van der Waals surface area (Å²) in [5, 5.41) is 7.00. The van der Waals surface area contributed by atoms with Crippen LogP contribution in [0.2, 0.25) is 5.02 Å². The van der Waals surface area contributed by atoms with Gasteiger partial charge in [0, 0.05) is 16.0 Å². The fourth-order valence-corrected chi connectivity index (χ4v) is 4.86. The van der Waals surface area contributed by atoms with Gasteiger partial charge in [-0.3, -0.25) is 9.59 Å². The summed E-state index contributed by atoms with van der Waals surface area (Å²) in [5.41, 5.74) is 1.74. The van der Waals surface area contributed by atoms with Crippen LogP contribution >= 0.6 is 34.3 Å². The first-order valence-corrected chi connectivity index (χ1v) is 12.3. The molecular formula is C25H21ClN2O3S2. The number of carbonyl (C=O) groups excluding carboxylic acids is 2. The lowest BCUT2D eigenvalue weighted by atomic mass is 10.1. The topological polar surface area (TPSA) is 58.6 Å². The molecule has 4 rings (SSSR count). The van der Waals surface area contributed by atoms with Crippen molar-refractivity contribution >= 4 is 51.8 Å². The Morgan fingerprint density at radius 3 is 2.48 bits per heavy atom. The van der Waals surface area contributed by atoms with E-state index in [9.17, 15) is 9.59 Å². The number of anilines is 1. The molecule has 0 spiro atoms. The molecule has 2 aromatic heterocycles. The Hall–Kier alpha value is -3.13. The molecule has 8 heteroatoms. The lowest BCUT2D eigenvalue weighted by molar-refractivity contribution is 0.0730. The van der Waals surface area contributed by atoms with Crippen LogP contribution in [0.3, 0.4) is 0 Å². The molecule has 2 aromatic carbocycles. The Bertz CT molecular complexity index is 1240. The fraction of sp³-hybridized carbons (Fsp3) is 0.120. The van der Waals surface area contributed by atoms with E-state index in [0.29, 0.717) is 34.2 Å². The van der Waals surface area contributed by atoms with Gasteiger partial charge in [-0.2, -0.15) is 0 Å².